The van der Waals surface area contributed by atoms with Gasteiger partial charge in [-0.1, -0.05) is 23.7 Å². The van der Waals surface area contributed by atoms with E-state index in [1.165, 1.54) is 5.56 Å². The zero-order chi connectivity index (χ0) is 20.1. The first-order valence-corrected chi connectivity index (χ1v) is 10.4. The van der Waals surface area contributed by atoms with Gasteiger partial charge in [0.05, 0.1) is 25.3 Å². The predicted octanol–water partition coefficient (Wildman–Crippen LogP) is 3.28. The molecular formula is C22H27ClN2O4. The number of methoxy groups -OCH3 is 1. The molecule has 29 heavy (non-hydrogen) atoms. The molecule has 1 saturated heterocycles. The van der Waals surface area contributed by atoms with Gasteiger partial charge in [0.25, 0.3) is 0 Å². The van der Waals surface area contributed by atoms with Gasteiger partial charge in [-0.2, -0.15) is 0 Å². The number of fused-ring (bicyclic) bond motifs is 1. The molecule has 0 bridgehead atoms. The molecule has 0 radical (unpaired) electrons. The minimum Gasteiger partial charge on any atom is -0.497 e. The van der Waals surface area contributed by atoms with E-state index in [9.17, 15) is 0 Å². The Bertz CT molecular complexity index is 809. The minimum absolute atomic E-state index is 0.262. The van der Waals surface area contributed by atoms with Crippen molar-refractivity contribution >= 4 is 11.6 Å². The number of nitrogens with one attached hydrogen (secondary N) is 1. The maximum atomic E-state index is 6.37. The molecule has 2 aromatic rings. The fraction of sp³-hybridized carbons (Fsp3) is 0.455. The topological polar surface area (TPSA) is 52.2 Å². The van der Waals surface area contributed by atoms with E-state index < -0.39 is 0 Å². The van der Waals surface area contributed by atoms with E-state index in [2.05, 4.69) is 22.3 Å². The number of hydrogen-bond acceptors (Lipinski definition) is 6. The summed E-state index contributed by atoms with van der Waals surface area (Å²) in [5.41, 5.74) is 2.34. The van der Waals surface area contributed by atoms with Crippen molar-refractivity contribution in [1.82, 2.24) is 10.2 Å². The van der Waals surface area contributed by atoms with Crippen molar-refractivity contribution in [2.75, 3.05) is 53.2 Å². The Balaban J connectivity index is 1.44. The van der Waals surface area contributed by atoms with E-state index >= 15 is 0 Å². The number of hydrogen-bond donors (Lipinski definition) is 1. The third-order valence-corrected chi connectivity index (χ3v) is 5.59. The molecule has 1 unspecified atom stereocenters. The highest BCUT2D eigenvalue weighted by Gasteiger charge is 2.23. The van der Waals surface area contributed by atoms with Gasteiger partial charge in [-0.15, -0.1) is 0 Å². The van der Waals surface area contributed by atoms with Gasteiger partial charge in [0.15, 0.2) is 11.5 Å². The Hall–Kier alpha value is -1.99. The number of ether oxygens (including phenoxy) is 4. The van der Waals surface area contributed by atoms with Crippen LogP contribution in [-0.2, 0) is 11.3 Å². The second-order valence-corrected chi connectivity index (χ2v) is 7.58. The van der Waals surface area contributed by atoms with Crippen molar-refractivity contribution in [3.63, 3.8) is 0 Å². The smallest absolute Gasteiger partial charge is 0.179 e. The molecule has 6 nitrogen and oxygen atoms in total. The van der Waals surface area contributed by atoms with E-state index in [1.54, 1.807) is 7.11 Å². The average molecular weight is 419 g/mol. The van der Waals surface area contributed by atoms with E-state index in [1.807, 2.05) is 24.3 Å². The van der Waals surface area contributed by atoms with Gasteiger partial charge >= 0.3 is 0 Å². The van der Waals surface area contributed by atoms with Crippen molar-refractivity contribution in [3.8, 4) is 17.2 Å². The summed E-state index contributed by atoms with van der Waals surface area (Å²) in [6.07, 6.45) is 0. The number of morpholine rings is 1. The van der Waals surface area contributed by atoms with Crippen molar-refractivity contribution in [2.45, 2.75) is 12.6 Å². The molecule has 4 rings (SSSR count). The van der Waals surface area contributed by atoms with Crippen molar-refractivity contribution in [3.05, 3.63) is 52.5 Å². The Morgan fingerprint density at radius 1 is 1.07 bits per heavy atom. The lowest BCUT2D eigenvalue weighted by Gasteiger charge is -2.35. The molecule has 0 aromatic heterocycles. The summed E-state index contributed by atoms with van der Waals surface area (Å²) < 4.78 is 22.1. The molecule has 0 spiro atoms. The van der Waals surface area contributed by atoms with E-state index in [4.69, 9.17) is 30.5 Å². The van der Waals surface area contributed by atoms with Crippen molar-refractivity contribution in [2.24, 2.45) is 0 Å². The van der Waals surface area contributed by atoms with Gasteiger partial charge in [-0.25, -0.2) is 0 Å². The van der Waals surface area contributed by atoms with Crippen LogP contribution in [0.15, 0.2) is 36.4 Å². The molecule has 2 aliphatic rings. The first-order valence-electron chi connectivity index (χ1n) is 9.99. The third-order valence-electron chi connectivity index (χ3n) is 5.31. The molecule has 7 heteroatoms. The van der Waals surface area contributed by atoms with Gasteiger partial charge in [0.2, 0.25) is 0 Å². The van der Waals surface area contributed by atoms with Crippen LogP contribution in [-0.4, -0.2) is 58.1 Å². The zero-order valence-corrected chi connectivity index (χ0v) is 17.4. The number of benzene rings is 2. The Morgan fingerprint density at radius 2 is 1.83 bits per heavy atom. The number of nitrogens with zero attached hydrogens (tertiary/aromatic N) is 1. The van der Waals surface area contributed by atoms with Crippen molar-refractivity contribution in [1.29, 1.82) is 0 Å². The molecule has 1 N–H and O–H groups in total. The molecule has 156 valence electrons. The van der Waals surface area contributed by atoms with Crippen molar-refractivity contribution < 1.29 is 18.9 Å². The van der Waals surface area contributed by atoms with Crippen LogP contribution >= 0.6 is 11.6 Å². The predicted molar refractivity (Wildman–Crippen MR) is 112 cm³/mol. The molecule has 0 aliphatic carbocycles. The second kappa shape index (κ2) is 9.67. The molecule has 1 fully saturated rings. The van der Waals surface area contributed by atoms with Gasteiger partial charge in [-0.05, 0) is 35.4 Å². The first-order chi connectivity index (χ1) is 14.2. The first kappa shape index (κ1) is 20.3. The highest BCUT2D eigenvalue weighted by atomic mass is 35.5. The van der Waals surface area contributed by atoms with Crippen LogP contribution in [0.3, 0.4) is 0 Å². The third kappa shape index (κ3) is 4.95. The van der Waals surface area contributed by atoms with Crippen LogP contribution in [0.5, 0.6) is 17.2 Å². The van der Waals surface area contributed by atoms with Gasteiger partial charge in [-0.3, -0.25) is 4.90 Å². The average Bonchev–Trinajstić information content (AvgIpc) is 2.77. The summed E-state index contributed by atoms with van der Waals surface area (Å²) in [5.74, 6) is 2.24. The fourth-order valence-electron chi connectivity index (χ4n) is 3.79. The van der Waals surface area contributed by atoms with Crippen LogP contribution in [0.1, 0.15) is 17.2 Å². The standard InChI is InChI=1S/C22H27ClN2O4/c1-26-18-4-2-17(3-5-18)20(25-6-8-27-9-7-25)15-24-14-16-12-19(23)22-21(13-16)28-10-11-29-22/h2-5,12-13,20,24H,6-11,14-15H2,1H3. The van der Waals surface area contributed by atoms with Crippen LogP contribution in [0, 0.1) is 0 Å². The summed E-state index contributed by atoms with van der Waals surface area (Å²) in [6, 6.07) is 12.5. The maximum absolute atomic E-state index is 6.37. The maximum Gasteiger partial charge on any atom is 0.179 e. The Morgan fingerprint density at radius 3 is 2.59 bits per heavy atom. The van der Waals surface area contributed by atoms with Crippen LogP contribution in [0.2, 0.25) is 5.02 Å². The molecule has 2 aromatic carbocycles. The normalized spacial score (nSPS) is 17.7. The molecule has 0 saturated carbocycles. The highest BCUT2D eigenvalue weighted by molar-refractivity contribution is 6.32. The molecule has 2 aliphatic heterocycles. The Labute approximate surface area is 176 Å². The summed E-state index contributed by atoms with van der Waals surface area (Å²) >= 11 is 6.37. The van der Waals surface area contributed by atoms with Gasteiger partial charge in [0, 0.05) is 32.2 Å². The highest BCUT2D eigenvalue weighted by Crippen LogP contribution is 2.38. The molecule has 2 heterocycles. The van der Waals surface area contributed by atoms with E-state index in [-0.39, 0.29) is 6.04 Å². The largest absolute Gasteiger partial charge is 0.497 e. The van der Waals surface area contributed by atoms with Gasteiger partial charge in [0.1, 0.15) is 19.0 Å². The summed E-state index contributed by atoms with van der Waals surface area (Å²) in [5, 5.41) is 4.19. The lowest BCUT2D eigenvalue weighted by molar-refractivity contribution is 0.0161. The van der Waals surface area contributed by atoms with Crippen LogP contribution < -0.4 is 19.5 Å². The summed E-state index contributed by atoms with van der Waals surface area (Å²) in [6.45, 7) is 5.99. The Kier molecular flexibility index (Phi) is 6.77. The quantitative estimate of drug-likeness (QED) is 0.744. The second-order valence-electron chi connectivity index (χ2n) is 7.17. The summed E-state index contributed by atoms with van der Waals surface area (Å²) in [4.78, 5) is 2.47. The molecular weight excluding hydrogens is 392 g/mol. The minimum atomic E-state index is 0.262. The zero-order valence-electron chi connectivity index (χ0n) is 16.7. The van der Waals surface area contributed by atoms with Gasteiger partial charge < -0.3 is 24.3 Å². The van der Waals surface area contributed by atoms with Crippen LogP contribution in [0.4, 0.5) is 0 Å². The number of halogens is 1. The molecule has 1 atom stereocenters. The van der Waals surface area contributed by atoms with E-state index in [0.29, 0.717) is 30.5 Å². The fourth-order valence-corrected chi connectivity index (χ4v) is 4.08. The van der Waals surface area contributed by atoms with E-state index in [0.717, 1.165) is 49.9 Å². The number of rotatable bonds is 7. The molecule has 0 amide bonds. The van der Waals surface area contributed by atoms with Crippen LogP contribution in [0.25, 0.3) is 0 Å². The summed E-state index contributed by atoms with van der Waals surface area (Å²) in [7, 11) is 1.69. The lowest BCUT2D eigenvalue weighted by Crippen LogP contribution is -2.42. The monoisotopic (exact) mass is 418 g/mol. The SMILES string of the molecule is COc1ccc(C(CNCc2cc(Cl)c3c(c2)OCCO3)N2CCOCC2)cc1. The lowest BCUT2D eigenvalue weighted by atomic mass is 10.0.